The van der Waals surface area contributed by atoms with E-state index in [9.17, 15) is 13.2 Å². The Balaban J connectivity index is 1.60. The SMILES string of the molecule is Cc1ccc(S(=O)(=O)n2ccc3cc(C(=O)NCc4cncnc4)cnc32)cc1. The van der Waals surface area contributed by atoms with Gasteiger partial charge in [0, 0.05) is 42.3 Å². The zero-order chi connectivity index (χ0) is 20.4. The van der Waals surface area contributed by atoms with Crippen LogP contribution in [0.4, 0.5) is 0 Å². The summed E-state index contributed by atoms with van der Waals surface area (Å²) in [6, 6.07) is 9.84. The minimum Gasteiger partial charge on any atom is -0.348 e. The number of nitrogens with one attached hydrogen (secondary N) is 1. The molecular weight excluding hydrogens is 390 g/mol. The highest BCUT2D eigenvalue weighted by molar-refractivity contribution is 7.90. The van der Waals surface area contributed by atoms with E-state index < -0.39 is 10.0 Å². The number of hydrogen-bond acceptors (Lipinski definition) is 6. The van der Waals surface area contributed by atoms with Gasteiger partial charge in [0.25, 0.3) is 15.9 Å². The van der Waals surface area contributed by atoms with E-state index in [2.05, 4.69) is 20.3 Å². The van der Waals surface area contributed by atoms with Gasteiger partial charge in [-0.05, 0) is 31.2 Å². The van der Waals surface area contributed by atoms with Crippen LogP contribution in [-0.4, -0.2) is 33.2 Å². The first-order valence-electron chi connectivity index (χ1n) is 8.76. The second-order valence-electron chi connectivity index (χ2n) is 6.50. The maximum atomic E-state index is 12.9. The van der Waals surface area contributed by atoms with Crippen LogP contribution in [0.2, 0.25) is 0 Å². The molecule has 8 nitrogen and oxygen atoms in total. The average molecular weight is 407 g/mol. The van der Waals surface area contributed by atoms with Crippen molar-refractivity contribution in [3.63, 3.8) is 0 Å². The van der Waals surface area contributed by atoms with Crippen LogP contribution >= 0.6 is 0 Å². The lowest BCUT2D eigenvalue weighted by atomic mass is 10.2. The van der Waals surface area contributed by atoms with Crippen molar-refractivity contribution < 1.29 is 13.2 Å². The van der Waals surface area contributed by atoms with E-state index in [1.165, 1.54) is 18.7 Å². The third kappa shape index (κ3) is 3.72. The highest BCUT2D eigenvalue weighted by atomic mass is 32.2. The maximum Gasteiger partial charge on any atom is 0.269 e. The molecule has 0 spiro atoms. The molecule has 4 aromatic rings. The fourth-order valence-corrected chi connectivity index (χ4v) is 4.16. The van der Waals surface area contributed by atoms with Gasteiger partial charge in [-0.15, -0.1) is 0 Å². The van der Waals surface area contributed by atoms with Gasteiger partial charge in [0.2, 0.25) is 0 Å². The van der Waals surface area contributed by atoms with E-state index in [1.54, 1.807) is 48.8 Å². The summed E-state index contributed by atoms with van der Waals surface area (Å²) in [5.74, 6) is -0.322. The predicted octanol–water partition coefficient (Wildman–Crippen LogP) is 2.30. The number of rotatable bonds is 5. The first kappa shape index (κ1) is 18.8. The topological polar surface area (TPSA) is 107 Å². The minimum atomic E-state index is -3.78. The second-order valence-corrected chi connectivity index (χ2v) is 8.31. The van der Waals surface area contributed by atoms with Crippen molar-refractivity contribution in [2.75, 3.05) is 0 Å². The van der Waals surface area contributed by atoms with Crippen molar-refractivity contribution in [2.45, 2.75) is 18.4 Å². The Bertz CT molecular complexity index is 1280. The zero-order valence-electron chi connectivity index (χ0n) is 15.5. The van der Waals surface area contributed by atoms with E-state index >= 15 is 0 Å². The fourth-order valence-electron chi connectivity index (χ4n) is 2.85. The van der Waals surface area contributed by atoms with Crippen LogP contribution in [0.3, 0.4) is 0 Å². The maximum absolute atomic E-state index is 12.9. The molecule has 0 saturated heterocycles. The zero-order valence-corrected chi connectivity index (χ0v) is 16.3. The lowest BCUT2D eigenvalue weighted by Crippen LogP contribution is -2.23. The van der Waals surface area contributed by atoms with Gasteiger partial charge in [-0.25, -0.2) is 27.3 Å². The summed E-state index contributed by atoms with van der Waals surface area (Å²) in [6.07, 6.45) is 7.45. The van der Waals surface area contributed by atoms with Gasteiger partial charge in [0.05, 0.1) is 10.5 Å². The number of carbonyl (C=O) groups is 1. The van der Waals surface area contributed by atoms with Gasteiger partial charge < -0.3 is 5.32 Å². The molecule has 0 atom stereocenters. The van der Waals surface area contributed by atoms with Crippen molar-refractivity contribution >= 4 is 27.0 Å². The number of benzene rings is 1. The Morgan fingerprint density at radius 1 is 1.07 bits per heavy atom. The number of nitrogens with zero attached hydrogens (tertiary/aromatic N) is 4. The Hall–Kier alpha value is -3.59. The molecule has 29 heavy (non-hydrogen) atoms. The summed E-state index contributed by atoms with van der Waals surface area (Å²) in [6.45, 7) is 2.17. The third-order valence-electron chi connectivity index (χ3n) is 4.40. The van der Waals surface area contributed by atoms with Gasteiger partial charge in [0.15, 0.2) is 5.65 Å². The number of fused-ring (bicyclic) bond motifs is 1. The van der Waals surface area contributed by atoms with Crippen molar-refractivity contribution in [2.24, 2.45) is 0 Å². The van der Waals surface area contributed by atoms with E-state index in [-0.39, 0.29) is 23.0 Å². The van der Waals surface area contributed by atoms with Crippen LogP contribution in [0.25, 0.3) is 11.0 Å². The summed E-state index contributed by atoms with van der Waals surface area (Å²) >= 11 is 0. The number of aromatic nitrogens is 4. The number of aryl methyl sites for hydroxylation is 1. The van der Waals surface area contributed by atoms with Crippen molar-refractivity contribution in [3.05, 3.63) is 84.2 Å². The van der Waals surface area contributed by atoms with Crippen LogP contribution in [0, 0.1) is 6.92 Å². The van der Waals surface area contributed by atoms with Crippen LogP contribution in [0.1, 0.15) is 21.5 Å². The standard InChI is InChI=1S/C20H17N5O3S/c1-14-2-4-18(5-3-14)29(27,28)25-7-6-16-8-17(12-23-19(16)25)20(26)24-11-15-9-21-13-22-10-15/h2-10,12-13H,11H2,1H3,(H,24,26). The third-order valence-corrected chi connectivity index (χ3v) is 6.08. The molecule has 0 saturated carbocycles. The van der Waals surface area contributed by atoms with Gasteiger partial charge >= 0.3 is 0 Å². The summed E-state index contributed by atoms with van der Waals surface area (Å²) in [7, 11) is -3.78. The molecule has 0 aliphatic rings. The van der Waals surface area contributed by atoms with Crippen molar-refractivity contribution in [1.29, 1.82) is 0 Å². The molecule has 1 aromatic carbocycles. The molecule has 3 heterocycles. The monoisotopic (exact) mass is 407 g/mol. The van der Waals surface area contributed by atoms with Gasteiger partial charge in [-0.1, -0.05) is 17.7 Å². The van der Waals surface area contributed by atoms with E-state index in [0.717, 1.165) is 15.1 Å². The molecule has 0 bridgehead atoms. The summed E-state index contributed by atoms with van der Waals surface area (Å²) in [5, 5.41) is 3.32. The van der Waals surface area contributed by atoms with Gasteiger partial charge in [-0.2, -0.15) is 0 Å². The smallest absolute Gasteiger partial charge is 0.269 e. The Kier molecular flexibility index (Phi) is 4.81. The molecule has 3 aromatic heterocycles. The molecule has 0 unspecified atom stereocenters. The Labute approximate surface area is 167 Å². The molecule has 0 fully saturated rings. The van der Waals surface area contributed by atoms with Crippen LogP contribution in [0.15, 0.2) is 72.4 Å². The lowest BCUT2D eigenvalue weighted by Gasteiger charge is -2.08. The van der Waals surface area contributed by atoms with Crippen LogP contribution < -0.4 is 5.32 Å². The highest BCUT2D eigenvalue weighted by Crippen LogP contribution is 2.22. The summed E-state index contributed by atoms with van der Waals surface area (Å²) in [4.78, 5) is 24.6. The number of carbonyl (C=O) groups excluding carboxylic acids is 1. The number of amides is 1. The van der Waals surface area contributed by atoms with Gasteiger partial charge in [-0.3, -0.25) is 4.79 Å². The van der Waals surface area contributed by atoms with Crippen molar-refractivity contribution in [1.82, 2.24) is 24.2 Å². The van der Waals surface area contributed by atoms with E-state index in [0.29, 0.717) is 10.9 Å². The largest absolute Gasteiger partial charge is 0.348 e. The quantitative estimate of drug-likeness (QED) is 0.544. The van der Waals surface area contributed by atoms with Crippen LogP contribution in [0.5, 0.6) is 0 Å². The number of pyridine rings is 1. The van der Waals surface area contributed by atoms with Crippen molar-refractivity contribution in [3.8, 4) is 0 Å². The Morgan fingerprint density at radius 2 is 1.79 bits per heavy atom. The molecule has 146 valence electrons. The van der Waals surface area contributed by atoms with Crippen LogP contribution in [-0.2, 0) is 16.6 Å². The minimum absolute atomic E-state index is 0.175. The fraction of sp³-hybridized carbons (Fsp3) is 0.100. The van der Waals surface area contributed by atoms with E-state index in [4.69, 9.17) is 0 Å². The molecule has 1 N–H and O–H groups in total. The average Bonchev–Trinajstić information content (AvgIpc) is 3.17. The predicted molar refractivity (Wildman–Crippen MR) is 107 cm³/mol. The lowest BCUT2D eigenvalue weighted by molar-refractivity contribution is 0.0950. The first-order valence-corrected chi connectivity index (χ1v) is 10.2. The second kappa shape index (κ2) is 7.44. The molecule has 0 aliphatic carbocycles. The van der Waals surface area contributed by atoms with Gasteiger partial charge in [0.1, 0.15) is 6.33 Å². The normalized spacial score (nSPS) is 11.5. The molecule has 0 radical (unpaired) electrons. The molecule has 4 rings (SSSR count). The summed E-state index contributed by atoms with van der Waals surface area (Å²) in [5.41, 5.74) is 2.33. The highest BCUT2D eigenvalue weighted by Gasteiger charge is 2.20. The molecular formula is C20H17N5O3S. The first-order chi connectivity index (χ1) is 13.9. The van der Waals surface area contributed by atoms with E-state index in [1.807, 2.05) is 6.92 Å². The number of hydrogen-bond donors (Lipinski definition) is 1. The molecule has 0 aliphatic heterocycles. The Morgan fingerprint density at radius 3 is 2.52 bits per heavy atom. The summed E-state index contributed by atoms with van der Waals surface area (Å²) < 4.78 is 27.0. The molecule has 9 heteroatoms. The molecule has 1 amide bonds.